The van der Waals surface area contributed by atoms with E-state index in [0.29, 0.717) is 5.57 Å². The molecule has 2 unspecified atom stereocenters. The highest BCUT2D eigenvalue weighted by Crippen LogP contribution is 2.40. The summed E-state index contributed by atoms with van der Waals surface area (Å²) in [7, 11) is 0. The summed E-state index contributed by atoms with van der Waals surface area (Å²) in [5.41, 5.74) is 7.86. The second-order valence-corrected chi connectivity index (χ2v) is 12.5. The van der Waals surface area contributed by atoms with Gasteiger partial charge in [0, 0.05) is 60.1 Å². The van der Waals surface area contributed by atoms with Crippen LogP contribution in [0.2, 0.25) is 0 Å². The van der Waals surface area contributed by atoms with E-state index >= 15 is 0 Å². The first-order valence-electron chi connectivity index (χ1n) is 17.7. The minimum Gasteiger partial charge on any atom is -0.457 e. The lowest BCUT2D eigenvalue weighted by Gasteiger charge is -2.33. The molecule has 0 aliphatic heterocycles. The monoisotopic (exact) mass is 665 g/mol. The number of carbonyl (C=O) groups excluding carboxylic acids is 1. The Morgan fingerprint density at radius 3 is 1.77 bits per heavy atom. The number of thiol groups is 1. The Hall–Kier alpha value is -3.90. The molecule has 1 aliphatic carbocycles. The molecule has 256 valence electrons. The van der Waals surface area contributed by atoms with E-state index in [-0.39, 0.29) is 24.0 Å². The number of nitrogens with zero attached hydrogens (tertiary/aromatic N) is 2. The molecule has 1 saturated carbocycles. The molecule has 0 saturated heterocycles. The van der Waals surface area contributed by atoms with Gasteiger partial charge in [0.05, 0.1) is 6.04 Å². The van der Waals surface area contributed by atoms with Crippen molar-refractivity contribution in [1.29, 1.82) is 0 Å². The molecule has 1 aliphatic rings. The number of carbonyl (C=O) groups is 1. The van der Waals surface area contributed by atoms with Gasteiger partial charge in [-0.3, -0.25) is 0 Å². The fraction of sp³-hybridized carbons (Fsp3) is 0.405. The summed E-state index contributed by atoms with van der Waals surface area (Å²) in [6, 6.07) is 31.6. The van der Waals surface area contributed by atoms with Gasteiger partial charge in [-0.15, -0.1) is 0 Å². The van der Waals surface area contributed by atoms with Gasteiger partial charge < -0.3 is 19.9 Å². The van der Waals surface area contributed by atoms with Crippen LogP contribution in [0.15, 0.2) is 97.1 Å². The molecule has 0 bridgehead atoms. The molecule has 0 amide bonds. The second kappa shape index (κ2) is 18.0. The van der Waals surface area contributed by atoms with Gasteiger partial charge in [-0.2, -0.15) is 12.6 Å². The van der Waals surface area contributed by atoms with Gasteiger partial charge in [-0.1, -0.05) is 67.6 Å². The normalized spacial score (nSPS) is 15.8. The smallest absolute Gasteiger partial charge is 0.333 e. The quantitative estimate of drug-likeness (QED) is 0.0644. The maximum Gasteiger partial charge on any atom is 0.333 e. The predicted octanol–water partition coefficient (Wildman–Crippen LogP) is 10.1. The number of anilines is 3. The third-order valence-electron chi connectivity index (χ3n) is 9.63. The number of hydrogen-bond donors (Lipinski definition) is 2. The largest absolute Gasteiger partial charge is 0.457 e. The second-order valence-electron chi connectivity index (χ2n) is 12.5. The molecule has 4 aromatic carbocycles. The summed E-state index contributed by atoms with van der Waals surface area (Å²) in [4.78, 5) is 17.2. The molecule has 1 fully saturated rings. The standard InChI is InChI=1S/C41H51N3O2.CH4S/c1-7-43(8-2)32-23-19-30(20-24-32)40(31-21-25-33(26-22-31)44(9-3)10-4)36-27-28-37(35-16-12-11-15-34(35)36)42-38-17-13-14-18-39(38)46-41(45)29(5)6;1-2/h11-12,15-16,19-28,38-40,42H,5,7-10,13-14,17-18H2,1-4,6H3;2H,1H3. The molecule has 0 heterocycles. The lowest BCUT2D eigenvalue weighted by atomic mass is 9.82. The highest BCUT2D eigenvalue weighted by atomic mass is 32.1. The van der Waals surface area contributed by atoms with E-state index in [2.05, 4.69) is 147 Å². The van der Waals surface area contributed by atoms with E-state index in [9.17, 15) is 4.79 Å². The molecule has 6 heteroatoms. The third-order valence-corrected chi connectivity index (χ3v) is 9.63. The van der Waals surface area contributed by atoms with Crippen molar-refractivity contribution in [3.8, 4) is 0 Å². The first kappa shape index (κ1) is 36.9. The average molecular weight is 666 g/mol. The summed E-state index contributed by atoms with van der Waals surface area (Å²) < 4.78 is 5.90. The SMILES string of the molecule is C=C(C)C(=O)OC1CCCCC1Nc1ccc(C(c2ccc(N(CC)CC)cc2)c2ccc(N(CC)CC)cc2)c2ccccc12.CS. The van der Waals surface area contributed by atoms with E-state index in [0.717, 1.165) is 57.5 Å². The minimum atomic E-state index is -0.305. The molecule has 2 atom stereocenters. The minimum absolute atomic E-state index is 0.0577. The zero-order valence-electron chi connectivity index (χ0n) is 29.8. The highest BCUT2D eigenvalue weighted by molar-refractivity contribution is 7.79. The topological polar surface area (TPSA) is 44.8 Å². The first-order valence-corrected chi connectivity index (χ1v) is 18.6. The van der Waals surface area contributed by atoms with E-state index in [1.807, 2.05) is 0 Å². The van der Waals surface area contributed by atoms with E-state index in [4.69, 9.17) is 4.74 Å². The van der Waals surface area contributed by atoms with Crippen LogP contribution in [-0.4, -0.2) is 50.5 Å². The molecule has 0 radical (unpaired) electrons. The van der Waals surface area contributed by atoms with Crippen molar-refractivity contribution >= 4 is 46.4 Å². The lowest BCUT2D eigenvalue weighted by Crippen LogP contribution is -2.40. The fourth-order valence-corrected chi connectivity index (χ4v) is 7.03. The first-order chi connectivity index (χ1) is 23.4. The summed E-state index contributed by atoms with van der Waals surface area (Å²) in [6.45, 7) is 18.3. The fourth-order valence-electron chi connectivity index (χ4n) is 7.03. The molecule has 1 N–H and O–H groups in total. The van der Waals surface area contributed by atoms with E-state index in [1.54, 1.807) is 13.2 Å². The molecule has 5 nitrogen and oxygen atoms in total. The van der Waals surface area contributed by atoms with Gasteiger partial charge >= 0.3 is 5.97 Å². The third kappa shape index (κ3) is 8.57. The molecule has 5 rings (SSSR count). The maximum absolute atomic E-state index is 12.4. The van der Waals surface area contributed by atoms with Crippen molar-refractivity contribution in [3.63, 3.8) is 0 Å². The Bertz CT molecular complexity index is 1560. The Morgan fingerprint density at radius 1 is 0.771 bits per heavy atom. The number of hydrogen-bond acceptors (Lipinski definition) is 6. The van der Waals surface area contributed by atoms with Crippen LogP contribution in [0.25, 0.3) is 10.8 Å². The lowest BCUT2D eigenvalue weighted by molar-refractivity contribution is -0.146. The van der Waals surface area contributed by atoms with Crippen molar-refractivity contribution in [1.82, 2.24) is 0 Å². The molecule has 48 heavy (non-hydrogen) atoms. The van der Waals surface area contributed by atoms with Gasteiger partial charge in [0.2, 0.25) is 0 Å². The number of rotatable bonds is 13. The van der Waals surface area contributed by atoms with Crippen molar-refractivity contribution in [3.05, 3.63) is 114 Å². The van der Waals surface area contributed by atoms with Gasteiger partial charge in [0.15, 0.2) is 0 Å². The Kier molecular flexibility index (Phi) is 13.9. The zero-order chi connectivity index (χ0) is 34.6. The van der Waals surface area contributed by atoms with Gasteiger partial charge in [-0.05, 0) is 113 Å². The maximum atomic E-state index is 12.4. The Labute approximate surface area is 294 Å². The Balaban J connectivity index is 0.00000255. The number of esters is 1. The molecular weight excluding hydrogens is 611 g/mol. The van der Waals surface area contributed by atoms with Gasteiger partial charge in [-0.25, -0.2) is 4.79 Å². The highest BCUT2D eigenvalue weighted by Gasteiger charge is 2.29. The van der Waals surface area contributed by atoms with Gasteiger partial charge in [0.1, 0.15) is 6.10 Å². The van der Waals surface area contributed by atoms with Crippen LogP contribution in [0.5, 0.6) is 0 Å². The predicted molar refractivity (Wildman–Crippen MR) is 210 cm³/mol. The number of fused-ring (bicyclic) bond motifs is 1. The number of nitrogens with one attached hydrogen (secondary N) is 1. The van der Waals surface area contributed by atoms with Crippen LogP contribution in [0.3, 0.4) is 0 Å². The van der Waals surface area contributed by atoms with Crippen molar-refractivity contribution in [2.75, 3.05) is 47.6 Å². The van der Waals surface area contributed by atoms with Gasteiger partial charge in [0.25, 0.3) is 0 Å². The molecular formula is C42H55N3O2S. The van der Waals surface area contributed by atoms with Crippen LogP contribution in [0, 0.1) is 0 Å². The van der Waals surface area contributed by atoms with Crippen molar-refractivity contribution < 1.29 is 9.53 Å². The summed E-state index contributed by atoms with van der Waals surface area (Å²) in [6.07, 6.45) is 5.53. The van der Waals surface area contributed by atoms with Crippen LogP contribution in [0.4, 0.5) is 17.1 Å². The molecule has 0 spiro atoms. The van der Waals surface area contributed by atoms with E-state index < -0.39 is 0 Å². The molecule has 4 aromatic rings. The van der Waals surface area contributed by atoms with Crippen LogP contribution in [-0.2, 0) is 9.53 Å². The zero-order valence-corrected chi connectivity index (χ0v) is 30.7. The van der Waals surface area contributed by atoms with Crippen LogP contribution < -0.4 is 15.1 Å². The number of benzene rings is 4. The van der Waals surface area contributed by atoms with Crippen molar-refractivity contribution in [2.24, 2.45) is 0 Å². The Morgan fingerprint density at radius 2 is 1.27 bits per heavy atom. The summed E-state index contributed by atoms with van der Waals surface area (Å²) >= 11 is 3.53. The molecule has 0 aromatic heterocycles. The van der Waals surface area contributed by atoms with Crippen LogP contribution in [0.1, 0.15) is 82.9 Å². The average Bonchev–Trinajstić information content (AvgIpc) is 3.13. The van der Waals surface area contributed by atoms with Crippen LogP contribution >= 0.6 is 12.6 Å². The summed E-state index contributed by atoms with van der Waals surface area (Å²) in [5, 5.41) is 6.22. The summed E-state index contributed by atoms with van der Waals surface area (Å²) in [5.74, 6) is -0.241. The van der Waals surface area contributed by atoms with Crippen molar-refractivity contribution in [2.45, 2.75) is 78.4 Å². The van der Waals surface area contributed by atoms with E-state index in [1.165, 1.54) is 38.8 Å². The number of ether oxygens (including phenoxy) is 1.